The van der Waals surface area contributed by atoms with Crippen LogP contribution in [0.4, 0.5) is 66.2 Å². The minimum Gasteiger partial charge on any atom is -0.396 e. The Morgan fingerprint density at radius 2 is 0.890 bits per heavy atom. The molecule has 0 unspecified atom stereocenters. The Morgan fingerprint density at radius 1 is 0.512 bits per heavy atom. The zero-order chi connectivity index (χ0) is 62.0. The molecule has 442 valence electrons. The molecule has 0 amide bonds. The van der Waals surface area contributed by atoms with Crippen LogP contribution in [0, 0.1) is 123 Å². The summed E-state index contributed by atoms with van der Waals surface area (Å²) in [6, 6.07) is 22.0. The number of hydrogen-bond acceptors (Lipinski definition) is 17. The van der Waals surface area contributed by atoms with Gasteiger partial charge in [0.2, 0.25) is 23.9 Å². The largest absolute Gasteiger partial charge is 0.396 e. The average molecular weight is 1160 g/mol. The summed E-state index contributed by atoms with van der Waals surface area (Å²) < 4.78 is 86.0. The fourth-order valence-corrected chi connectivity index (χ4v) is 6.02. The summed E-state index contributed by atoms with van der Waals surface area (Å²) in [6.07, 6.45) is 4.33. The summed E-state index contributed by atoms with van der Waals surface area (Å²) in [7, 11) is 10.4. The molecule has 0 saturated heterocycles. The lowest BCUT2D eigenvalue weighted by Gasteiger charge is -2.19. The van der Waals surface area contributed by atoms with Gasteiger partial charge >= 0.3 is 17.1 Å². The van der Waals surface area contributed by atoms with Crippen LogP contribution in [0.5, 0.6) is 0 Å². The molecule has 0 spiro atoms. The maximum atomic E-state index is 13.4. The third-order valence-electron chi connectivity index (χ3n) is 9.82. The van der Waals surface area contributed by atoms with E-state index in [1.54, 1.807) is 63.7 Å². The van der Waals surface area contributed by atoms with E-state index in [-0.39, 0.29) is 53.7 Å². The number of hydrogen-bond donors (Lipinski definition) is 2. The van der Waals surface area contributed by atoms with Crippen LogP contribution in [0.25, 0.3) is 17.0 Å². The number of benzene rings is 6. The third-order valence-corrected chi connectivity index (χ3v) is 9.82. The first-order chi connectivity index (χ1) is 37.8. The lowest BCUT2D eigenvalue weighted by molar-refractivity contribution is -0.396. The molecule has 0 aliphatic rings. The van der Waals surface area contributed by atoms with Gasteiger partial charge in [-0.15, -0.1) is 0 Å². The highest BCUT2D eigenvalue weighted by Crippen LogP contribution is 2.30. The van der Waals surface area contributed by atoms with Crippen LogP contribution in [0.1, 0.15) is 35.2 Å². The fraction of sp³-hybridized carbons (Fsp3) is 0.231. The summed E-state index contributed by atoms with van der Waals surface area (Å²) in [5.41, 5.74) is 4.28. The number of aromatic nitrogens is 1. The third kappa shape index (κ3) is 24.4. The topological polar surface area (TPSA) is 326 Å². The molecule has 0 saturated carbocycles. The molecule has 6 aromatic carbocycles. The normalized spacial score (nSPS) is 10.0. The van der Waals surface area contributed by atoms with Crippen LogP contribution in [-0.2, 0) is 9.47 Å². The van der Waals surface area contributed by atoms with Crippen LogP contribution in [0.3, 0.4) is 0 Å². The van der Waals surface area contributed by atoms with Crippen LogP contribution in [0.2, 0.25) is 0 Å². The van der Waals surface area contributed by atoms with Crippen molar-refractivity contribution in [3.05, 3.63) is 239 Å². The van der Waals surface area contributed by atoms with E-state index in [1.165, 1.54) is 56.5 Å². The zero-order valence-electron chi connectivity index (χ0n) is 44.8. The quantitative estimate of drug-likeness (QED) is 0.0399. The van der Waals surface area contributed by atoms with Crippen molar-refractivity contribution < 1.29 is 65.4 Å². The number of nitro groups is 6. The molecule has 0 atom stereocenters. The Morgan fingerprint density at radius 3 is 1.20 bits per heavy atom. The van der Waals surface area contributed by atoms with Gasteiger partial charge in [0.25, 0.3) is 17.1 Å². The highest BCUT2D eigenvalue weighted by molar-refractivity contribution is 5.82. The number of fused-ring (bicyclic) bond motifs is 1. The lowest BCUT2D eigenvalue weighted by atomic mass is 10.1. The Labute approximate surface area is 464 Å². The second kappa shape index (κ2) is 34.8. The molecular formula is C52H58F6N10O14. The smallest absolute Gasteiger partial charge is 0.311 e. The van der Waals surface area contributed by atoms with E-state index >= 15 is 0 Å². The molecule has 7 rings (SSSR count). The van der Waals surface area contributed by atoms with Crippen molar-refractivity contribution in [3.63, 3.8) is 0 Å². The zero-order valence-corrected chi connectivity index (χ0v) is 44.8. The van der Waals surface area contributed by atoms with E-state index < -0.39 is 81.1 Å². The van der Waals surface area contributed by atoms with Gasteiger partial charge in [0.05, 0.1) is 59.0 Å². The maximum Gasteiger partial charge on any atom is 0.311 e. The number of nitrogen functional groups attached to an aromatic ring is 1. The van der Waals surface area contributed by atoms with E-state index in [1.807, 2.05) is 45.0 Å². The predicted octanol–water partition coefficient (Wildman–Crippen LogP) is 13.0. The minimum absolute atomic E-state index is 0. The summed E-state index contributed by atoms with van der Waals surface area (Å²) in [5.74, 6) is -3.94. The number of nitrogens with two attached hydrogens (primary N) is 1. The van der Waals surface area contributed by atoms with Gasteiger partial charge in [0.15, 0.2) is 0 Å². The van der Waals surface area contributed by atoms with Crippen LogP contribution < -0.4 is 5.73 Å². The molecule has 0 fully saturated rings. The molecule has 1 heterocycles. The summed E-state index contributed by atoms with van der Waals surface area (Å²) in [5, 5.41) is 63.3. The molecule has 0 radical (unpaired) electrons. The maximum absolute atomic E-state index is 13.4. The first-order valence-corrected chi connectivity index (χ1v) is 22.6. The van der Waals surface area contributed by atoms with Crippen molar-refractivity contribution >= 4 is 56.8 Å². The van der Waals surface area contributed by atoms with Gasteiger partial charge in [0, 0.05) is 56.5 Å². The number of nitrogens with zero attached hydrogens (tertiary/aromatic N) is 8. The van der Waals surface area contributed by atoms with Gasteiger partial charge in [-0.3, -0.25) is 65.6 Å². The molecule has 1 aromatic heterocycles. The van der Waals surface area contributed by atoms with Gasteiger partial charge < -0.3 is 25.1 Å². The molecule has 3 N–H and O–H groups in total. The Balaban J connectivity index is 0.000000950. The van der Waals surface area contributed by atoms with E-state index in [0.29, 0.717) is 18.2 Å². The summed E-state index contributed by atoms with van der Waals surface area (Å²) >= 11 is 0. The number of H-pyrrole nitrogens is 1. The van der Waals surface area contributed by atoms with Crippen molar-refractivity contribution in [2.24, 2.45) is 0 Å². The number of nitrogens with one attached hydrogen (secondary N) is 1. The number of halogens is 6. The average Bonchev–Trinajstić information content (AvgIpc) is 3.81. The molecule has 0 aliphatic carbocycles. The Bertz CT molecular complexity index is 3080. The summed E-state index contributed by atoms with van der Waals surface area (Å²) in [4.78, 5) is 63.5. The molecular weight excluding hydrogens is 1100 g/mol. The Hall–Kier alpha value is -9.94. The van der Waals surface area contributed by atoms with E-state index in [0.717, 1.165) is 40.2 Å². The second-order valence-electron chi connectivity index (χ2n) is 16.6. The molecule has 24 nitrogen and oxygen atoms in total. The first-order valence-electron chi connectivity index (χ1n) is 22.6. The van der Waals surface area contributed by atoms with E-state index in [4.69, 9.17) is 15.2 Å². The number of aromatic amines is 1. The van der Waals surface area contributed by atoms with E-state index in [9.17, 15) is 87.0 Å². The first kappa shape index (κ1) is 72.1. The molecule has 0 aliphatic heterocycles. The number of rotatable bonds is 11. The fourth-order valence-electron chi connectivity index (χ4n) is 6.02. The highest BCUT2D eigenvalue weighted by Gasteiger charge is 2.25. The lowest BCUT2D eigenvalue weighted by Crippen LogP contribution is -2.30. The number of nitro benzene ring substituents is 6. The van der Waals surface area contributed by atoms with Crippen molar-refractivity contribution in [2.75, 3.05) is 48.1 Å². The predicted molar refractivity (Wildman–Crippen MR) is 294 cm³/mol. The van der Waals surface area contributed by atoms with Crippen molar-refractivity contribution in [1.82, 2.24) is 14.8 Å². The standard InChI is InChI=1S/C10H10FN3O4.C8H7FN2.2C7H5FN2O4.2C7H7F.C5H13NO2.CH4/c1-12(2)4-3-7-5-8(11)10(14(17)18)6-9(7)13(15)16;9-6-3-5-1-2-11-8(5)4-7(6)10;2*1-4-2-5(8)7(10(13)14)3-6(4)9(11)12;2*1-6-3-2-4-7(8)5-6;1-6(2)5(7-3)8-4;/h3-6H,1-2H3;1-4,11H,10H2;2*2-3H,1H3;2*2-5H,1H3;5H,1-4H3;1H4/b4-3+;;;;;;;. The number of aryl methyl sites for hydroxylation is 4. The SMILES string of the molecule is C.CN(C)/C=C/c1cc(F)c([N+](=O)[O-])cc1[N+](=O)[O-].COC(OC)N(C)C.Cc1cc(F)c([N+](=O)[O-])cc1[N+](=O)[O-].Cc1cc(F)c([N+](=O)[O-])cc1[N+](=O)[O-].Cc1cccc(F)c1.Cc1cccc(F)c1.Nc1cc2[nH]ccc2cc1F. The van der Waals surface area contributed by atoms with Crippen LogP contribution in [-0.4, -0.2) is 93.1 Å². The van der Waals surface area contributed by atoms with Crippen LogP contribution >= 0.6 is 0 Å². The minimum atomic E-state index is -1.11. The van der Waals surface area contributed by atoms with Crippen molar-refractivity contribution in [2.45, 2.75) is 41.5 Å². The van der Waals surface area contributed by atoms with Crippen LogP contribution in [0.15, 0.2) is 116 Å². The second-order valence-corrected chi connectivity index (χ2v) is 16.6. The number of anilines is 1. The molecule has 7 aromatic rings. The van der Waals surface area contributed by atoms with Gasteiger partial charge in [-0.1, -0.05) is 31.7 Å². The van der Waals surface area contributed by atoms with Gasteiger partial charge in [-0.2, -0.15) is 13.2 Å². The Kier molecular flexibility index (Phi) is 30.6. The van der Waals surface area contributed by atoms with E-state index in [2.05, 4.69) is 4.98 Å². The van der Waals surface area contributed by atoms with Gasteiger partial charge in [0.1, 0.15) is 17.5 Å². The molecule has 30 heteroatoms. The summed E-state index contributed by atoms with van der Waals surface area (Å²) in [6.45, 7) is 6.35. The number of ether oxygens (including phenoxy) is 2. The van der Waals surface area contributed by atoms with Gasteiger partial charge in [-0.25, -0.2) is 13.2 Å². The van der Waals surface area contributed by atoms with Gasteiger partial charge in [-0.05, 0) is 126 Å². The molecule has 0 bridgehead atoms. The van der Waals surface area contributed by atoms with Crippen molar-refractivity contribution in [3.8, 4) is 0 Å². The highest BCUT2D eigenvalue weighted by atomic mass is 19.1. The number of methoxy groups -OCH3 is 2. The molecule has 82 heavy (non-hydrogen) atoms. The van der Waals surface area contributed by atoms with Crippen molar-refractivity contribution in [1.29, 1.82) is 0 Å². The monoisotopic (exact) mass is 1160 g/mol.